The quantitative estimate of drug-likeness (QED) is 0.870. The molecule has 0 unspecified atom stereocenters. The van der Waals surface area contributed by atoms with E-state index >= 15 is 0 Å². The number of aromatic nitrogens is 1. The fourth-order valence-electron chi connectivity index (χ4n) is 2.51. The summed E-state index contributed by atoms with van der Waals surface area (Å²) in [5.41, 5.74) is 4.58. The lowest BCUT2D eigenvalue weighted by atomic mass is 10.2. The number of aryl methyl sites for hydroxylation is 1. The first kappa shape index (κ1) is 13.8. The van der Waals surface area contributed by atoms with Gasteiger partial charge in [0.25, 0.3) is 0 Å². The molecule has 2 rings (SSSR count). The van der Waals surface area contributed by atoms with Gasteiger partial charge in [-0.1, -0.05) is 18.2 Å². The van der Waals surface area contributed by atoms with Gasteiger partial charge in [0, 0.05) is 36.6 Å². The van der Waals surface area contributed by atoms with Crippen molar-refractivity contribution >= 4 is 0 Å². The van der Waals surface area contributed by atoms with E-state index in [1.54, 1.807) is 6.07 Å². The topological polar surface area (TPSA) is 17.0 Å². The molecule has 2 aromatic rings. The van der Waals surface area contributed by atoms with Crippen LogP contribution in [0.3, 0.4) is 0 Å². The molecule has 1 N–H and O–H groups in total. The minimum absolute atomic E-state index is 0.144. The van der Waals surface area contributed by atoms with Crippen LogP contribution >= 0.6 is 0 Å². The molecule has 0 aliphatic carbocycles. The van der Waals surface area contributed by atoms with E-state index in [0.717, 1.165) is 13.1 Å². The molecule has 1 aromatic heterocycles. The molecule has 0 spiro atoms. The molecule has 0 fully saturated rings. The molecule has 0 saturated carbocycles. The summed E-state index contributed by atoms with van der Waals surface area (Å²) in [6, 6.07) is 9.10. The van der Waals surface area contributed by atoms with Crippen LogP contribution < -0.4 is 5.32 Å². The van der Waals surface area contributed by atoms with Crippen molar-refractivity contribution in [1.82, 2.24) is 9.88 Å². The highest BCUT2D eigenvalue weighted by Crippen LogP contribution is 2.15. The minimum Gasteiger partial charge on any atom is -0.349 e. The molecule has 0 amide bonds. The van der Waals surface area contributed by atoms with E-state index in [4.69, 9.17) is 0 Å². The second-order valence-corrected chi connectivity index (χ2v) is 4.84. The summed E-state index contributed by atoms with van der Waals surface area (Å²) in [5.74, 6) is -0.144. The van der Waals surface area contributed by atoms with Crippen molar-refractivity contribution in [1.29, 1.82) is 0 Å². The lowest BCUT2D eigenvalue weighted by Gasteiger charge is -2.08. The summed E-state index contributed by atoms with van der Waals surface area (Å²) in [5, 5.41) is 3.31. The lowest BCUT2D eigenvalue weighted by Crippen LogP contribution is -2.14. The number of halogens is 1. The van der Waals surface area contributed by atoms with Gasteiger partial charge in [0.05, 0.1) is 0 Å². The summed E-state index contributed by atoms with van der Waals surface area (Å²) in [7, 11) is 0. The highest BCUT2D eigenvalue weighted by Gasteiger charge is 2.07. The van der Waals surface area contributed by atoms with Gasteiger partial charge in [-0.15, -0.1) is 0 Å². The van der Waals surface area contributed by atoms with Crippen LogP contribution in [-0.4, -0.2) is 4.57 Å². The van der Waals surface area contributed by atoms with Gasteiger partial charge in [0.15, 0.2) is 0 Å². The maximum absolute atomic E-state index is 13.5. The van der Waals surface area contributed by atoms with Gasteiger partial charge < -0.3 is 9.88 Å². The van der Waals surface area contributed by atoms with Crippen LogP contribution in [0.25, 0.3) is 0 Å². The van der Waals surface area contributed by atoms with Gasteiger partial charge >= 0.3 is 0 Å². The van der Waals surface area contributed by atoms with Gasteiger partial charge in [-0.25, -0.2) is 4.39 Å². The average Bonchev–Trinajstić information content (AvgIpc) is 2.66. The molecule has 0 saturated heterocycles. The monoisotopic (exact) mass is 260 g/mol. The van der Waals surface area contributed by atoms with Gasteiger partial charge in [-0.2, -0.15) is 0 Å². The number of rotatable bonds is 5. The molecule has 0 aliphatic rings. The molecule has 3 heteroatoms. The Bertz CT molecular complexity index is 558. The van der Waals surface area contributed by atoms with Crippen molar-refractivity contribution in [3.8, 4) is 0 Å². The van der Waals surface area contributed by atoms with Crippen molar-refractivity contribution in [3.05, 3.63) is 58.7 Å². The first-order chi connectivity index (χ1) is 9.13. The predicted molar refractivity (Wildman–Crippen MR) is 76.5 cm³/mol. The van der Waals surface area contributed by atoms with E-state index in [9.17, 15) is 4.39 Å². The summed E-state index contributed by atoms with van der Waals surface area (Å²) in [6.45, 7) is 8.73. The first-order valence-electron chi connectivity index (χ1n) is 6.73. The molecule has 2 nitrogen and oxygen atoms in total. The van der Waals surface area contributed by atoms with E-state index in [0.29, 0.717) is 12.1 Å². The molecule has 0 aliphatic heterocycles. The van der Waals surface area contributed by atoms with Gasteiger partial charge in [-0.3, -0.25) is 0 Å². The van der Waals surface area contributed by atoms with Crippen molar-refractivity contribution in [2.45, 2.75) is 40.4 Å². The first-order valence-corrected chi connectivity index (χ1v) is 6.73. The van der Waals surface area contributed by atoms with E-state index in [2.05, 4.69) is 36.7 Å². The van der Waals surface area contributed by atoms with E-state index in [1.807, 2.05) is 12.1 Å². The normalized spacial score (nSPS) is 10.9. The molecule has 1 heterocycles. The van der Waals surface area contributed by atoms with Crippen LogP contribution in [-0.2, 0) is 19.6 Å². The largest absolute Gasteiger partial charge is 0.349 e. The summed E-state index contributed by atoms with van der Waals surface area (Å²) >= 11 is 0. The highest BCUT2D eigenvalue weighted by molar-refractivity contribution is 5.26. The SMILES string of the molecule is CCn1c(C)cc(CNCc2ccccc2F)c1C. The third-order valence-electron chi connectivity index (χ3n) is 3.58. The Kier molecular flexibility index (Phi) is 4.38. The second kappa shape index (κ2) is 6.02. The maximum atomic E-state index is 13.5. The van der Waals surface area contributed by atoms with Gasteiger partial charge in [-0.05, 0) is 38.5 Å². The minimum atomic E-state index is -0.144. The number of nitrogens with zero attached hydrogens (tertiary/aromatic N) is 1. The predicted octanol–water partition coefficient (Wildman–Crippen LogP) is 3.55. The molecular weight excluding hydrogens is 239 g/mol. The van der Waals surface area contributed by atoms with E-state index < -0.39 is 0 Å². The van der Waals surface area contributed by atoms with Crippen LogP contribution in [0, 0.1) is 19.7 Å². The number of nitrogens with one attached hydrogen (secondary N) is 1. The molecule has 0 radical (unpaired) electrons. The Hall–Kier alpha value is -1.61. The van der Waals surface area contributed by atoms with Crippen molar-refractivity contribution < 1.29 is 4.39 Å². The zero-order valence-electron chi connectivity index (χ0n) is 11.8. The van der Waals surface area contributed by atoms with Crippen LogP contribution in [0.1, 0.15) is 29.4 Å². The lowest BCUT2D eigenvalue weighted by molar-refractivity contribution is 0.587. The van der Waals surface area contributed by atoms with Gasteiger partial charge in [0.2, 0.25) is 0 Å². The molecule has 0 bridgehead atoms. The molecule has 1 aromatic carbocycles. The fourth-order valence-corrected chi connectivity index (χ4v) is 2.51. The molecular formula is C16H21FN2. The average molecular weight is 260 g/mol. The van der Waals surface area contributed by atoms with E-state index in [1.165, 1.54) is 23.0 Å². The van der Waals surface area contributed by atoms with Crippen LogP contribution in [0.15, 0.2) is 30.3 Å². The highest BCUT2D eigenvalue weighted by atomic mass is 19.1. The van der Waals surface area contributed by atoms with Crippen molar-refractivity contribution in [2.24, 2.45) is 0 Å². The Morgan fingerprint density at radius 2 is 1.79 bits per heavy atom. The smallest absolute Gasteiger partial charge is 0.127 e. The Labute approximate surface area is 114 Å². The molecule has 102 valence electrons. The standard InChI is InChI=1S/C16H21FN2/c1-4-19-12(2)9-15(13(19)3)11-18-10-14-7-5-6-8-16(14)17/h5-9,18H,4,10-11H2,1-3H3. The zero-order chi connectivity index (χ0) is 13.8. The third kappa shape index (κ3) is 3.04. The summed E-state index contributed by atoms with van der Waals surface area (Å²) < 4.78 is 15.8. The zero-order valence-corrected chi connectivity index (χ0v) is 11.8. The fraction of sp³-hybridized carbons (Fsp3) is 0.375. The van der Waals surface area contributed by atoms with Crippen molar-refractivity contribution in [3.63, 3.8) is 0 Å². The third-order valence-corrected chi connectivity index (χ3v) is 3.58. The van der Waals surface area contributed by atoms with Crippen molar-refractivity contribution in [2.75, 3.05) is 0 Å². The van der Waals surface area contributed by atoms with Crippen LogP contribution in [0.2, 0.25) is 0 Å². The van der Waals surface area contributed by atoms with E-state index in [-0.39, 0.29) is 5.82 Å². The van der Waals surface area contributed by atoms with Crippen LogP contribution in [0.4, 0.5) is 4.39 Å². The number of hydrogen-bond acceptors (Lipinski definition) is 1. The number of benzene rings is 1. The second-order valence-electron chi connectivity index (χ2n) is 4.84. The summed E-state index contributed by atoms with van der Waals surface area (Å²) in [6.07, 6.45) is 0. The Morgan fingerprint density at radius 3 is 2.42 bits per heavy atom. The Morgan fingerprint density at radius 1 is 1.11 bits per heavy atom. The number of hydrogen-bond donors (Lipinski definition) is 1. The van der Waals surface area contributed by atoms with Crippen LogP contribution in [0.5, 0.6) is 0 Å². The summed E-state index contributed by atoms with van der Waals surface area (Å²) in [4.78, 5) is 0. The Balaban J connectivity index is 1.98. The van der Waals surface area contributed by atoms with Gasteiger partial charge in [0.1, 0.15) is 5.82 Å². The molecule has 19 heavy (non-hydrogen) atoms. The molecule has 0 atom stereocenters. The maximum Gasteiger partial charge on any atom is 0.127 e.